The summed E-state index contributed by atoms with van der Waals surface area (Å²) in [6.45, 7) is 2.00. The van der Waals surface area contributed by atoms with Crippen molar-refractivity contribution in [1.82, 2.24) is 19.5 Å². The number of ether oxygens (including phenoxy) is 1. The highest BCUT2D eigenvalue weighted by molar-refractivity contribution is 5.84. The first kappa shape index (κ1) is 13.9. The average Bonchev–Trinajstić information content (AvgIpc) is 3.15. The molecule has 7 heteroatoms. The normalized spacial score (nSPS) is 14.3. The number of carbonyl (C=O) groups is 1. The molecule has 0 radical (unpaired) electrons. The van der Waals surface area contributed by atoms with Gasteiger partial charge in [-0.3, -0.25) is 0 Å². The lowest BCUT2D eigenvalue weighted by Gasteiger charge is -1.98. The number of carbonyl (C=O) groups excluding carboxylic acids is 1. The van der Waals surface area contributed by atoms with E-state index in [0.717, 1.165) is 11.3 Å². The van der Waals surface area contributed by atoms with E-state index in [1.165, 1.54) is 18.4 Å². The van der Waals surface area contributed by atoms with Crippen LogP contribution in [0, 0.1) is 0 Å². The minimum absolute atomic E-state index is 0.0540. The minimum Gasteiger partial charge on any atom is -0.460 e. The molecule has 0 unspecified atom stereocenters. The van der Waals surface area contributed by atoms with Gasteiger partial charge in [0.25, 0.3) is 5.82 Å². The quantitative estimate of drug-likeness (QED) is 0.673. The van der Waals surface area contributed by atoms with Crippen molar-refractivity contribution < 1.29 is 14.1 Å². The first-order valence-electron chi connectivity index (χ1n) is 7.70. The molecule has 0 aromatic carbocycles. The van der Waals surface area contributed by atoms with E-state index in [1.807, 2.05) is 16.7 Å². The Hall–Kier alpha value is -2.70. The van der Waals surface area contributed by atoms with Gasteiger partial charge < -0.3 is 13.7 Å². The van der Waals surface area contributed by atoms with Gasteiger partial charge in [-0.25, -0.2) is 9.78 Å². The predicted molar refractivity (Wildman–Crippen MR) is 80.2 cm³/mol. The number of fused-ring (bicyclic) bond motifs is 1. The molecule has 1 aliphatic carbocycles. The summed E-state index contributed by atoms with van der Waals surface area (Å²) >= 11 is 0. The standard InChI is InChI=1S/C16H16N4O3/c1-2-22-16(21)15-18-14(23-19-15)7-12-9-20-8-11(10-3-4-10)5-6-13(20)17-12/h5-6,8-10H,2-4,7H2,1H3. The summed E-state index contributed by atoms with van der Waals surface area (Å²) in [5, 5.41) is 3.64. The monoisotopic (exact) mass is 312 g/mol. The molecule has 3 aromatic heterocycles. The van der Waals surface area contributed by atoms with Crippen LogP contribution in [0.15, 0.2) is 29.0 Å². The van der Waals surface area contributed by atoms with Crippen molar-refractivity contribution in [3.63, 3.8) is 0 Å². The Labute approximate surface area is 132 Å². The summed E-state index contributed by atoms with van der Waals surface area (Å²) in [4.78, 5) is 20.1. The van der Waals surface area contributed by atoms with Crippen molar-refractivity contribution in [3.8, 4) is 0 Å². The third-order valence-electron chi connectivity index (χ3n) is 3.83. The molecule has 4 rings (SSSR count). The second-order valence-electron chi connectivity index (χ2n) is 5.64. The Morgan fingerprint density at radius 3 is 3.00 bits per heavy atom. The van der Waals surface area contributed by atoms with Gasteiger partial charge in [-0.15, -0.1) is 0 Å². The zero-order valence-electron chi connectivity index (χ0n) is 12.7. The van der Waals surface area contributed by atoms with E-state index in [4.69, 9.17) is 9.26 Å². The summed E-state index contributed by atoms with van der Waals surface area (Å²) in [6.07, 6.45) is 7.00. The number of imidazole rings is 1. The van der Waals surface area contributed by atoms with Crippen LogP contribution >= 0.6 is 0 Å². The maximum Gasteiger partial charge on any atom is 0.379 e. The molecule has 0 saturated heterocycles. The van der Waals surface area contributed by atoms with Crippen molar-refractivity contribution >= 4 is 11.6 Å². The maximum atomic E-state index is 11.5. The van der Waals surface area contributed by atoms with Crippen molar-refractivity contribution in [2.45, 2.75) is 32.1 Å². The van der Waals surface area contributed by atoms with Crippen LogP contribution in [0.1, 0.15) is 53.5 Å². The third kappa shape index (κ3) is 2.81. The molecule has 0 amide bonds. The van der Waals surface area contributed by atoms with Gasteiger partial charge in [-0.05, 0) is 42.5 Å². The van der Waals surface area contributed by atoms with Crippen LogP contribution in [0.2, 0.25) is 0 Å². The summed E-state index contributed by atoms with van der Waals surface area (Å²) in [6, 6.07) is 4.16. The number of rotatable bonds is 5. The fourth-order valence-corrected chi connectivity index (χ4v) is 2.57. The lowest BCUT2D eigenvalue weighted by molar-refractivity contribution is 0.0508. The van der Waals surface area contributed by atoms with Gasteiger partial charge in [-0.2, -0.15) is 4.98 Å². The highest BCUT2D eigenvalue weighted by Crippen LogP contribution is 2.39. The zero-order valence-corrected chi connectivity index (χ0v) is 12.7. The molecule has 0 spiro atoms. The van der Waals surface area contributed by atoms with Crippen molar-refractivity contribution in [3.05, 3.63) is 47.5 Å². The van der Waals surface area contributed by atoms with Gasteiger partial charge in [0.05, 0.1) is 18.7 Å². The molecule has 1 saturated carbocycles. The molecule has 3 heterocycles. The molecular formula is C16H16N4O3. The smallest absolute Gasteiger partial charge is 0.379 e. The van der Waals surface area contributed by atoms with Crippen molar-refractivity contribution in [2.75, 3.05) is 6.61 Å². The van der Waals surface area contributed by atoms with Gasteiger partial charge in [0.2, 0.25) is 5.89 Å². The van der Waals surface area contributed by atoms with Crippen LogP contribution in [-0.2, 0) is 11.2 Å². The summed E-state index contributed by atoms with van der Waals surface area (Å²) < 4.78 is 11.9. The highest BCUT2D eigenvalue weighted by Gasteiger charge is 2.24. The second kappa shape index (κ2) is 5.49. The Morgan fingerprint density at radius 2 is 2.22 bits per heavy atom. The molecule has 1 fully saturated rings. The third-order valence-corrected chi connectivity index (χ3v) is 3.83. The molecular weight excluding hydrogens is 296 g/mol. The largest absolute Gasteiger partial charge is 0.460 e. The van der Waals surface area contributed by atoms with Crippen LogP contribution in [0.3, 0.4) is 0 Å². The Bertz CT molecular complexity index is 863. The molecule has 0 N–H and O–H groups in total. The van der Waals surface area contributed by atoms with Crippen molar-refractivity contribution in [1.29, 1.82) is 0 Å². The van der Waals surface area contributed by atoms with E-state index in [2.05, 4.69) is 27.4 Å². The van der Waals surface area contributed by atoms with Gasteiger partial charge in [-0.1, -0.05) is 6.07 Å². The molecule has 118 valence electrons. The van der Waals surface area contributed by atoms with E-state index < -0.39 is 5.97 Å². The molecule has 0 aliphatic heterocycles. The lowest BCUT2D eigenvalue weighted by atomic mass is 10.2. The number of pyridine rings is 1. The SMILES string of the molecule is CCOC(=O)c1noc(Cc2cn3cc(C4CC4)ccc3n2)n1. The number of nitrogens with zero attached hydrogens (tertiary/aromatic N) is 4. The highest BCUT2D eigenvalue weighted by atomic mass is 16.5. The zero-order chi connectivity index (χ0) is 15.8. The first-order chi connectivity index (χ1) is 11.2. The summed E-state index contributed by atoms with van der Waals surface area (Å²) in [5.74, 6) is 0.417. The molecule has 1 aliphatic rings. The number of hydrogen-bond donors (Lipinski definition) is 0. The minimum atomic E-state index is -0.577. The Kier molecular flexibility index (Phi) is 3.33. The first-order valence-corrected chi connectivity index (χ1v) is 7.70. The van der Waals surface area contributed by atoms with Gasteiger partial charge in [0, 0.05) is 12.4 Å². The molecule has 23 heavy (non-hydrogen) atoms. The number of aromatic nitrogens is 4. The number of hydrogen-bond acceptors (Lipinski definition) is 6. The Morgan fingerprint density at radius 1 is 1.35 bits per heavy atom. The fourth-order valence-electron chi connectivity index (χ4n) is 2.57. The maximum absolute atomic E-state index is 11.5. The topological polar surface area (TPSA) is 82.5 Å². The van der Waals surface area contributed by atoms with E-state index in [1.54, 1.807) is 6.92 Å². The van der Waals surface area contributed by atoms with Crippen LogP contribution in [0.4, 0.5) is 0 Å². The van der Waals surface area contributed by atoms with Gasteiger partial charge in [0.1, 0.15) is 5.65 Å². The molecule has 0 atom stereocenters. The lowest BCUT2D eigenvalue weighted by Crippen LogP contribution is -2.06. The van der Waals surface area contributed by atoms with E-state index in [0.29, 0.717) is 18.2 Å². The van der Waals surface area contributed by atoms with Gasteiger partial charge in [0.15, 0.2) is 0 Å². The Balaban J connectivity index is 1.54. The van der Waals surface area contributed by atoms with E-state index >= 15 is 0 Å². The molecule has 0 bridgehead atoms. The van der Waals surface area contributed by atoms with Crippen molar-refractivity contribution in [2.24, 2.45) is 0 Å². The summed E-state index contributed by atoms with van der Waals surface area (Å²) in [5.41, 5.74) is 3.05. The molecule has 3 aromatic rings. The molecule has 7 nitrogen and oxygen atoms in total. The average molecular weight is 312 g/mol. The summed E-state index contributed by atoms with van der Waals surface area (Å²) in [7, 11) is 0. The van der Waals surface area contributed by atoms with Crippen LogP contribution < -0.4 is 0 Å². The van der Waals surface area contributed by atoms with Gasteiger partial charge >= 0.3 is 5.97 Å². The van der Waals surface area contributed by atoms with Crippen LogP contribution in [-0.4, -0.2) is 32.1 Å². The van der Waals surface area contributed by atoms with Crippen LogP contribution in [0.25, 0.3) is 5.65 Å². The van der Waals surface area contributed by atoms with E-state index in [9.17, 15) is 4.79 Å². The number of esters is 1. The van der Waals surface area contributed by atoms with E-state index in [-0.39, 0.29) is 12.4 Å². The fraction of sp³-hybridized carbons (Fsp3) is 0.375. The van der Waals surface area contributed by atoms with Crippen LogP contribution in [0.5, 0.6) is 0 Å². The second-order valence-corrected chi connectivity index (χ2v) is 5.64. The predicted octanol–water partition coefficient (Wildman–Crippen LogP) is 2.36.